The number of hydrogen-bond donors (Lipinski definition) is 1. The molecular formula is C13H15NO4. The summed E-state index contributed by atoms with van der Waals surface area (Å²) in [5.74, 6) is -0.893. The molecule has 5 nitrogen and oxygen atoms in total. The molecule has 0 fully saturated rings. The van der Waals surface area contributed by atoms with Gasteiger partial charge in [0.25, 0.3) is 5.91 Å². The van der Waals surface area contributed by atoms with Crippen LogP contribution in [0.5, 0.6) is 5.75 Å². The van der Waals surface area contributed by atoms with E-state index < -0.39 is 12.0 Å². The van der Waals surface area contributed by atoms with Crippen molar-refractivity contribution < 1.29 is 19.4 Å². The Labute approximate surface area is 105 Å². The van der Waals surface area contributed by atoms with Gasteiger partial charge in [0.2, 0.25) is 0 Å². The highest BCUT2D eigenvalue weighted by Crippen LogP contribution is 2.29. The summed E-state index contributed by atoms with van der Waals surface area (Å²) in [6, 6.07) is 2.68. The number of likely N-dealkylation sites (N-methyl/N-ethyl adjacent to an activating group) is 1. The van der Waals surface area contributed by atoms with E-state index in [-0.39, 0.29) is 12.5 Å². The van der Waals surface area contributed by atoms with Gasteiger partial charge in [-0.05, 0) is 31.0 Å². The van der Waals surface area contributed by atoms with E-state index in [2.05, 4.69) is 0 Å². The lowest BCUT2D eigenvalue weighted by atomic mass is 10.0. The average Bonchev–Trinajstić information content (AvgIpc) is 2.40. The molecule has 0 radical (unpaired) electrons. The maximum absolute atomic E-state index is 12.2. The minimum atomic E-state index is -1.06. The molecule has 1 aliphatic heterocycles. The van der Waals surface area contributed by atoms with Crippen LogP contribution in [0.15, 0.2) is 12.1 Å². The highest BCUT2D eigenvalue weighted by atomic mass is 16.5. The Hall–Kier alpha value is -2.04. The second-order valence-electron chi connectivity index (χ2n) is 4.54. The van der Waals surface area contributed by atoms with Crippen LogP contribution in [0.1, 0.15) is 21.5 Å². The van der Waals surface area contributed by atoms with E-state index in [0.29, 0.717) is 11.3 Å². The van der Waals surface area contributed by atoms with Gasteiger partial charge in [-0.25, -0.2) is 4.79 Å². The third-order valence-electron chi connectivity index (χ3n) is 3.11. The summed E-state index contributed by atoms with van der Waals surface area (Å²) in [6.07, 6.45) is 0. The maximum Gasteiger partial charge on any atom is 0.330 e. The van der Waals surface area contributed by atoms with E-state index in [9.17, 15) is 9.59 Å². The molecule has 1 aromatic rings. The summed E-state index contributed by atoms with van der Waals surface area (Å²) < 4.78 is 5.51. The van der Waals surface area contributed by atoms with Crippen molar-refractivity contribution in [2.45, 2.75) is 19.9 Å². The summed E-state index contributed by atoms with van der Waals surface area (Å²) in [4.78, 5) is 24.5. The van der Waals surface area contributed by atoms with Crippen LogP contribution in [0.3, 0.4) is 0 Å². The second-order valence-corrected chi connectivity index (χ2v) is 4.54. The standard InChI is InChI=1S/C13H15NO4/c1-7-4-8(2)11-9(5-7)12(15)14(3)10(6-18-11)13(16)17/h4-5,10H,6H2,1-3H3,(H,16,17). The molecule has 0 spiro atoms. The van der Waals surface area contributed by atoms with Gasteiger partial charge in [-0.2, -0.15) is 0 Å². The Morgan fingerprint density at radius 3 is 2.72 bits per heavy atom. The monoisotopic (exact) mass is 249 g/mol. The zero-order valence-electron chi connectivity index (χ0n) is 10.6. The first-order valence-electron chi connectivity index (χ1n) is 5.66. The lowest BCUT2D eigenvalue weighted by Gasteiger charge is -2.20. The predicted octanol–water partition coefficient (Wildman–Crippen LogP) is 1.22. The van der Waals surface area contributed by atoms with Gasteiger partial charge in [-0.15, -0.1) is 0 Å². The first-order chi connectivity index (χ1) is 8.41. The highest BCUT2D eigenvalue weighted by Gasteiger charge is 2.33. The number of aliphatic carboxylic acids is 1. The topological polar surface area (TPSA) is 66.8 Å². The number of carboxylic acids is 1. The number of nitrogens with zero attached hydrogens (tertiary/aromatic N) is 1. The molecule has 0 saturated heterocycles. The lowest BCUT2D eigenvalue weighted by Crippen LogP contribution is -2.44. The van der Waals surface area contributed by atoms with Crippen molar-refractivity contribution in [2.75, 3.05) is 13.7 Å². The third kappa shape index (κ3) is 1.92. The van der Waals surface area contributed by atoms with Gasteiger partial charge >= 0.3 is 5.97 Å². The molecule has 18 heavy (non-hydrogen) atoms. The van der Waals surface area contributed by atoms with Crippen LogP contribution < -0.4 is 4.74 Å². The number of hydrogen-bond acceptors (Lipinski definition) is 3. The quantitative estimate of drug-likeness (QED) is 0.812. The van der Waals surface area contributed by atoms with Gasteiger partial charge in [0, 0.05) is 7.05 Å². The van der Waals surface area contributed by atoms with Crippen LogP contribution >= 0.6 is 0 Å². The van der Waals surface area contributed by atoms with Crippen LogP contribution in [0.4, 0.5) is 0 Å². The van der Waals surface area contributed by atoms with Crippen LogP contribution in [0, 0.1) is 13.8 Å². The molecule has 0 aliphatic carbocycles. The SMILES string of the molecule is Cc1cc(C)c2c(c1)C(=O)N(C)C(C(=O)O)CO2. The lowest BCUT2D eigenvalue weighted by molar-refractivity contribution is -0.142. The van der Waals surface area contributed by atoms with Crippen molar-refractivity contribution in [3.05, 3.63) is 28.8 Å². The number of aryl methyl sites for hydroxylation is 2. The van der Waals surface area contributed by atoms with Crippen molar-refractivity contribution in [1.82, 2.24) is 4.90 Å². The summed E-state index contributed by atoms with van der Waals surface area (Å²) >= 11 is 0. The normalized spacial score (nSPS) is 18.9. The molecule has 1 N–H and O–H groups in total. The smallest absolute Gasteiger partial charge is 0.330 e. The number of fused-ring (bicyclic) bond motifs is 1. The molecule has 0 aromatic heterocycles. The van der Waals surface area contributed by atoms with E-state index >= 15 is 0 Å². The molecular weight excluding hydrogens is 234 g/mol. The average molecular weight is 249 g/mol. The predicted molar refractivity (Wildman–Crippen MR) is 64.9 cm³/mol. The fourth-order valence-corrected chi connectivity index (χ4v) is 2.15. The molecule has 1 atom stereocenters. The van der Waals surface area contributed by atoms with E-state index in [1.54, 1.807) is 6.07 Å². The van der Waals surface area contributed by atoms with Gasteiger partial charge in [0.05, 0.1) is 5.56 Å². The second kappa shape index (κ2) is 4.33. The molecule has 1 aliphatic rings. The molecule has 5 heteroatoms. The van der Waals surface area contributed by atoms with Gasteiger partial charge in [0.15, 0.2) is 6.04 Å². The summed E-state index contributed by atoms with van der Waals surface area (Å²) in [7, 11) is 1.48. The van der Waals surface area contributed by atoms with Gasteiger partial charge in [-0.1, -0.05) is 6.07 Å². The Balaban J connectivity index is 2.52. The summed E-state index contributed by atoms with van der Waals surface area (Å²) in [5, 5.41) is 9.08. The molecule has 0 saturated carbocycles. The number of rotatable bonds is 1. The minimum absolute atomic E-state index is 0.0333. The Morgan fingerprint density at radius 1 is 1.44 bits per heavy atom. The maximum atomic E-state index is 12.2. The summed E-state index contributed by atoms with van der Waals surface area (Å²) in [5.41, 5.74) is 2.22. The number of ether oxygens (including phenoxy) is 1. The molecule has 1 unspecified atom stereocenters. The van der Waals surface area contributed by atoms with Crippen LogP contribution in [0.25, 0.3) is 0 Å². The summed E-state index contributed by atoms with van der Waals surface area (Å²) in [6.45, 7) is 3.70. The van der Waals surface area contributed by atoms with Gasteiger partial charge < -0.3 is 14.7 Å². The molecule has 1 heterocycles. The first-order valence-corrected chi connectivity index (χ1v) is 5.66. The number of carbonyl (C=O) groups is 2. The van der Waals surface area contributed by atoms with Crippen LogP contribution in [0.2, 0.25) is 0 Å². The largest absolute Gasteiger partial charge is 0.490 e. The molecule has 2 rings (SSSR count). The van der Waals surface area contributed by atoms with E-state index in [1.807, 2.05) is 19.9 Å². The fourth-order valence-electron chi connectivity index (χ4n) is 2.15. The Bertz CT molecular complexity index is 524. The van der Waals surface area contributed by atoms with Crippen molar-refractivity contribution in [2.24, 2.45) is 0 Å². The zero-order valence-corrected chi connectivity index (χ0v) is 10.6. The van der Waals surface area contributed by atoms with Gasteiger partial charge in [-0.3, -0.25) is 4.79 Å². The number of carboxylic acid groups (broad SMARTS) is 1. The number of carbonyl (C=O) groups excluding carboxylic acids is 1. The fraction of sp³-hybridized carbons (Fsp3) is 0.385. The van der Waals surface area contributed by atoms with E-state index in [0.717, 1.165) is 11.1 Å². The van der Waals surface area contributed by atoms with Gasteiger partial charge in [0.1, 0.15) is 12.4 Å². The molecule has 96 valence electrons. The zero-order chi connectivity index (χ0) is 13.4. The number of benzene rings is 1. The van der Waals surface area contributed by atoms with Crippen molar-refractivity contribution in [3.8, 4) is 5.75 Å². The molecule has 1 aromatic carbocycles. The molecule has 0 bridgehead atoms. The highest BCUT2D eigenvalue weighted by molar-refractivity contribution is 6.00. The van der Waals surface area contributed by atoms with Crippen molar-refractivity contribution in [1.29, 1.82) is 0 Å². The number of amides is 1. The van der Waals surface area contributed by atoms with E-state index in [1.165, 1.54) is 11.9 Å². The van der Waals surface area contributed by atoms with E-state index in [4.69, 9.17) is 9.84 Å². The first kappa shape index (κ1) is 12.4. The van der Waals surface area contributed by atoms with Crippen LogP contribution in [-0.4, -0.2) is 41.6 Å². The third-order valence-corrected chi connectivity index (χ3v) is 3.11. The Morgan fingerprint density at radius 2 is 2.11 bits per heavy atom. The van der Waals surface area contributed by atoms with Crippen molar-refractivity contribution in [3.63, 3.8) is 0 Å². The Kier molecular flexibility index (Phi) is 2.98. The minimum Gasteiger partial charge on any atom is -0.490 e. The van der Waals surface area contributed by atoms with Crippen LogP contribution in [-0.2, 0) is 4.79 Å². The van der Waals surface area contributed by atoms with Crippen molar-refractivity contribution >= 4 is 11.9 Å². The molecule has 1 amide bonds.